The number of amides is 2. The van der Waals surface area contributed by atoms with Crippen molar-refractivity contribution in [3.05, 3.63) is 29.0 Å². The molecule has 0 spiro atoms. The van der Waals surface area contributed by atoms with Gasteiger partial charge in [0.05, 0.1) is 5.02 Å². The summed E-state index contributed by atoms with van der Waals surface area (Å²) in [6.45, 7) is 2.39. The smallest absolute Gasteiger partial charge is 0.316 e. The number of hydrogen-bond acceptors (Lipinski definition) is 3. The van der Waals surface area contributed by atoms with Crippen molar-refractivity contribution >= 4 is 23.3 Å². The minimum atomic E-state index is -0.655. The molecule has 1 aliphatic carbocycles. The first-order valence-corrected chi connectivity index (χ1v) is 7.87. The Balaban J connectivity index is 2.19. The molecule has 22 heavy (non-hydrogen) atoms. The Kier molecular flexibility index (Phi) is 5.47. The van der Waals surface area contributed by atoms with Crippen molar-refractivity contribution in [2.75, 3.05) is 11.9 Å². The van der Waals surface area contributed by atoms with Crippen LogP contribution in [-0.2, 0) is 0 Å². The van der Waals surface area contributed by atoms with Crippen LogP contribution in [0.25, 0.3) is 0 Å². The van der Waals surface area contributed by atoms with E-state index in [1.165, 1.54) is 12.1 Å². The number of urea groups is 1. The molecule has 2 atom stereocenters. The summed E-state index contributed by atoms with van der Waals surface area (Å²) in [4.78, 5) is 11.9. The average Bonchev–Trinajstić information content (AvgIpc) is 2.43. The molecule has 2 amide bonds. The molecule has 1 fully saturated rings. The maximum Gasteiger partial charge on any atom is 0.316 e. The van der Waals surface area contributed by atoms with Crippen LogP contribution in [0.15, 0.2) is 18.2 Å². The number of hydrogen-bond donors (Lipinski definition) is 4. The fourth-order valence-corrected chi connectivity index (χ4v) is 3.03. The van der Waals surface area contributed by atoms with Crippen LogP contribution in [0, 0.1) is 5.82 Å². The van der Waals surface area contributed by atoms with Crippen LogP contribution in [0.3, 0.4) is 0 Å². The van der Waals surface area contributed by atoms with Crippen molar-refractivity contribution < 1.29 is 9.18 Å². The zero-order chi connectivity index (χ0) is 16.2. The van der Waals surface area contributed by atoms with Crippen molar-refractivity contribution in [2.24, 2.45) is 5.73 Å². The molecule has 5 N–H and O–H groups in total. The first-order valence-electron chi connectivity index (χ1n) is 7.49. The lowest BCUT2D eigenvalue weighted by molar-refractivity contribution is 0.209. The summed E-state index contributed by atoms with van der Waals surface area (Å²) in [5.41, 5.74) is 6.07. The van der Waals surface area contributed by atoms with Gasteiger partial charge >= 0.3 is 6.03 Å². The lowest BCUT2D eigenvalue weighted by Crippen LogP contribution is -2.60. The Bertz CT molecular complexity index is 542. The van der Waals surface area contributed by atoms with Crippen molar-refractivity contribution in [3.8, 4) is 0 Å². The van der Waals surface area contributed by atoms with E-state index in [4.69, 9.17) is 17.3 Å². The quantitative estimate of drug-likeness (QED) is 0.642. The number of nitrogens with two attached hydrogens (primary N) is 1. The van der Waals surface area contributed by atoms with Crippen molar-refractivity contribution in [2.45, 2.75) is 44.3 Å². The molecule has 0 aromatic heterocycles. The summed E-state index contributed by atoms with van der Waals surface area (Å²) < 4.78 is 13.3. The van der Waals surface area contributed by atoms with Crippen LogP contribution >= 0.6 is 11.6 Å². The molecule has 5 nitrogen and oxygen atoms in total. The van der Waals surface area contributed by atoms with Gasteiger partial charge < -0.3 is 21.7 Å². The van der Waals surface area contributed by atoms with Gasteiger partial charge in [-0.3, -0.25) is 0 Å². The van der Waals surface area contributed by atoms with Crippen LogP contribution in [0.4, 0.5) is 14.9 Å². The van der Waals surface area contributed by atoms with Crippen molar-refractivity contribution in [1.29, 1.82) is 0 Å². The van der Waals surface area contributed by atoms with Gasteiger partial charge in [0.15, 0.2) is 0 Å². The highest BCUT2D eigenvalue weighted by Crippen LogP contribution is 2.30. The van der Waals surface area contributed by atoms with Crippen LogP contribution in [-0.4, -0.2) is 24.3 Å². The van der Waals surface area contributed by atoms with Gasteiger partial charge in [-0.15, -0.1) is 0 Å². The third-order valence-corrected chi connectivity index (χ3v) is 4.07. The van der Waals surface area contributed by atoms with Gasteiger partial charge in [-0.2, -0.15) is 0 Å². The first-order chi connectivity index (χ1) is 10.4. The lowest BCUT2D eigenvalue weighted by atomic mass is 9.85. The molecule has 0 radical (unpaired) electrons. The number of benzene rings is 1. The second-order valence-corrected chi connectivity index (χ2v) is 6.08. The Morgan fingerprint density at radius 3 is 2.95 bits per heavy atom. The topological polar surface area (TPSA) is 79.2 Å². The maximum absolute atomic E-state index is 13.3. The molecule has 7 heteroatoms. The molecule has 0 saturated heterocycles. The zero-order valence-corrected chi connectivity index (χ0v) is 13.3. The molecular formula is C15H22ClFN4O. The van der Waals surface area contributed by atoms with Gasteiger partial charge in [-0.25, -0.2) is 9.18 Å². The number of nitrogens with one attached hydrogen (secondary N) is 3. The summed E-state index contributed by atoms with van der Waals surface area (Å²) in [6, 6.07) is 4.16. The van der Waals surface area contributed by atoms with E-state index in [0.717, 1.165) is 19.3 Å². The van der Waals surface area contributed by atoms with E-state index >= 15 is 0 Å². The Morgan fingerprint density at radius 1 is 1.55 bits per heavy atom. The molecular weight excluding hydrogens is 307 g/mol. The van der Waals surface area contributed by atoms with Gasteiger partial charge in [-0.1, -0.05) is 11.6 Å². The van der Waals surface area contributed by atoms with E-state index in [2.05, 4.69) is 16.0 Å². The highest BCUT2D eigenvalue weighted by Gasteiger charge is 2.36. The zero-order valence-electron chi connectivity index (χ0n) is 12.6. The Hall–Kier alpha value is -1.53. The molecule has 0 aliphatic heterocycles. The van der Waals surface area contributed by atoms with Crippen LogP contribution < -0.4 is 21.7 Å². The second-order valence-electron chi connectivity index (χ2n) is 5.68. The summed E-state index contributed by atoms with van der Waals surface area (Å²) in [7, 11) is 0. The molecule has 0 bridgehead atoms. The molecule has 122 valence electrons. The van der Waals surface area contributed by atoms with Crippen molar-refractivity contribution in [1.82, 2.24) is 10.6 Å². The summed E-state index contributed by atoms with van der Waals surface area (Å²) in [6.07, 6.45) is 3.16. The van der Waals surface area contributed by atoms with Gasteiger partial charge in [-0.05, 0) is 44.4 Å². The van der Waals surface area contributed by atoms with E-state index in [9.17, 15) is 9.18 Å². The normalized spacial score (nSPS) is 24.6. The predicted molar refractivity (Wildman–Crippen MR) is 86.4 cm³/mol. The molecule has 1 aromatic carbocycles. The highest BCUT2D eigenvalue weighted by molar-refractivity contribution is 6.31. The molecule has 2 rings (SSSR count). The largest absolute Gasteiger partial charge is 0.363 e. The third-order valence-electron chi connectivity index (χ3n) is 3.78. The SMILES string of the molecule is CCNC(=O)NC1(Nc2ccc(F)c(Cl)c2)CCCC(N)C1. The van der Waals surface area contributed by atoms with E-state index in [0.29, 0.717) is 18.7 Å². The molecule has 1 aliphatic rings. The fourth-order valence-electron chi connectivity index (χ4n) is 2.85. The second kappa shape index (κ2) is 7.15. The number of rotatable bonds is 4. The monoisotopic (exact) mass is 328 g/mol. The van der Waals surface area contributed by atoms with Gasteiger partial charge in [0.25, 0.3) is 0 Å². The summed E-state index contributed by atoms with van der Waals surface area (Å²) in [5, 5.41) is 9.01. The van der Waals surface area contributed by atoms with Crippen LogP contribution in [0.5, 0.6) is 0 Å². The number of carbonyl (C=O) groups excluding carboxylic acids is 1. The summed E-state index contributed by atoms with van der Waals surface area (Å²) >= 11 is 5.82. The van der Waals surface area contributed by atoms with Crippen LogP contribution in [0.2, 0.25) is 5.02 Å². The van der Waals surface area contributed by atoms with Gasteiger partial charge in [0.2, 0.25) is 0 Å². The fraction of sp³-hybridized carbons (Fsp3) is 0.533. The molecule has 1 aromatic rings. The highest BCUT2D eigenvalue weighted by atomic mass is 35.5. The minimum Gasteiger partial charge on any atom is -0.363 e. The average molecular weight is 329 g/mol. The number of carbonyl (C=O) groups is 1. The Morgan fingerprint density at radius 2 is 2.32 bits per heavy atom. The number of halogens is 2. The molecule has 1 saturated carbocycles. The Labute approximate surface area is 134 Å². The van der Waals surface area contributed by atoms with Crippen LogP contribution in [0.1, 0.15) is 32.6 Å². The first kappa shape index (κ1) is 16.8. The van der Waals surface area contributed by atoms with E-state index in [-0.39, 0.29) is 17.1 Å². The molecule has 2 unspecified atom stereocenters. The standard InChI is InChI=1S/C15H22ClFN4O/c1-2-19-14(22)21-15(7-3-4-10(18)9-15)20-11-5-6-13(17)12(16)8-11/h5-6,8,10,20H,2-4,7,9,18H2,1H3,(H2,19,21,22). The van der Waals surface area contributed by atoms with Crippen molar-refractivity contribution in [3.63, 3.8) is 0 Å². The number of anilines is 1. The maximum atomic E-state index is 13.3. The van der Waals surface area contributed by atoms with E-state index in [1.807, 2.05) is 6.92 Å². The van der Waals surface area contributed by atoms with Gasteiger partial charge in [0, 0.05) is 24.7 Å². The van der Waals surface area contributed by atoms with E-state index < -0.39 is 11.5 Å². The van der Waals surface area contributed by atoms with Gasteiger partial charge in [0.1, 0.15) is 11.5 Å². The third kappa shape index (κ3) is 4.24. The summed E-state index contributed by atoms with van der Waals surface area (Å²) in [5.74, 6) is -0.474. The lowest BCUT2D eigenvalue weighted by Gasteiger charge is -2.41. The molecule has 0 heterocycles. The minimum absolute atomic E-state index is 0.000836. The van der Waals surface area contributed by atoms with E-state index in [1.54, 1.807) is 6.07 Å². The predicted octanol–water partition coefficient (Wildman–Crippen LogP) is 2.81.